The molecule has 21 heavy (non-hydrogen) atoms. The van der Waals surface area contributed by atoms with Gasteiger partial charge < -0.3 is 5.32 Å². The molecule has 0 saturated carbocycles. The summed E-state index contributed by atoms with van der Waals surface area (Å²) in [5.74, 6) is 0. The van der Waals surface area contributed by atoms with E-state index in [1.807, 2.05) is 13.8 Å². The van der Waals surface area contributed by atoms with Crippen LogP contribution < -0.4 is 5.32 Å². The van der Waals surface area contributed by atoms with Crippen LogP contribution in [0.15, 0.2) is 16.3 Å². The number of hydrogen-bond acceptors (Lipinski definition) is 4. The van der Waals surface area contributed by atoms with Crippen LogP contribution in [0.2, 0.25) is 0 Å². The maximum Gasteiger partial charge on any atom is 0.390 e. The lowest BCUT2D eigenvalue weighted by Crippen LogP contribution is -2.30. The SMILES string of the molecule is CC(C)NCc1cc(S(=O)(=O)N(C)CCC(F)(F)F)cs1. The molecule has 0 spiro atoms. The van der Waals surface area contributed by atoms with E-state index in [0.29, 0.717) is 6.54 Å². The van der Waals surface area contributed by atoms with Crippen LogP contribution in [-0.2, 0) is 16.6 Å². The molecule has 1 rings (SSSR count). The molecule has 0 radical (unpaired) electrons. The van der Waals surface area contributed by atoms with Gasteiger partial charge in [0.15, 0.2) is 0 Å². The van der Waals surface area contributed by atoms with Gasteiger partial charge in [-0.3, -0.25) is 0 Å². The highest BCUT2D eigenvalue weighted by Crippen LogP contribution is 2.24. The van der Waals surface area contributed by atoms with Crippen molar-refractivity contribution in [2.75, 3.05) is 13.6 Å². The van der Waals surface area contributed by atoms with E-state index in [1.54, 1.807) is 0 Å². The summed E-state index contributed by atoms with van der Waals surface area (Å²) >= 11 is 1.27. The van der Waals surface area contributed by atoms with Gasteiger partial charge in [0.25, 0.3) is 0 Å². The van der Waals surface area contributed by atoms with Gasteiger partial charge in [0.2, 0.25) is 10.0 Å². The van der Waals surface area contributed by atoms with Crippen molar-refractivity contribution >= 4 is 21.4 Å². The lowest BCUT2D eigenvalue weighted by atomic mass is 10.4. The van der Waals surface area contributed by atoms with Gasteiger partial charge in [-0.2, -0.15) is 13.2 Å². The first kappa shape index (κ1) is 18.4. The number of halogens is 3. The van der Waals surface area contributed by atoms with Crippen molar-refractivity contribution in [1.29, 1.82) is 0 Å². The minimum absolute atomic E-state index is 0.0396. The molecule has 1 heterocycles. The smallest absolute Gasteiger partial charge is 0.310 e. The van der Waals surface area contributed by atoms with Crippen molar-refractivity contribution in [3.63, 3.8) is 0 Å². The minimum atomic E-state index is -4.37. The first-order valence-corrected chi connectivity index (χ1v) is 8.68. The van der Waals surface area contributed by atoms with Gasteiger partial charge in [-0.1, -0.05) is 13.8 Å². The van der Waals surface area contributed by atoms with Gasteiger partial charge in [-0.05, 0) is 6.07 Å². The highest BCUT2D eigenvalue weighted by atomic mass is 32.2. The number of thiophene rings is 1. The molecular weight excluding hydrogens is 325 g/mol. The van der Waals surface area contributed by atoms with Crippen LogP contribution in [0.25, 0.3) is 0 Å². The second-order valence-electron chi connectivity index (χ2n) is 4.98. The normalized spacial score (nSPS) is 13.3. The number of hydrogen-bond donors (Lipinski definition) is 1. The molecule has 1 aromatic heterocycles. The summed E-state index contributed by atoms with van der Waals surface area (Å²) in [6.07, 6.45) is -5.53. The van der Waals surface area contributed by atoms with Crippen molar-refractivity contribution in [1.82, 2.24) is 9.62 Å². The zero-order valence-electron chi connectivity index (χ0n) is 12.1. The van der Waals surface area contributed by atoms with Gasteiger partial charge >= 0.3 is 6.18 Å². The minimum Gasteiger partial charge on any atom is -0.310 e. The van der Waals surface area contributed by atoms with E-state index >= 15 is 0 Å². The second-order valence-corrected chi connectivity index (χ2v) is 8.02. The molecule has 0 fully saturated rings. The number of alkyl halides is 3. The molecule has 0 aliphatic heterocycles. The van der Waals surface area contributed by atoms with Crippen LogP contribution in [0.5, 0.6) is 0 Å². The van der Waals surface area contributed by atoms with E-state index in [0.717, 1.165) is 16.2 Å². The Morgan fingerprint density at radius 1 is 1.38 bits per heavy atom. The van der Waals surface area contributed by atoms with Gasteiger partial charge in [0.05, 0.1) is 11.3 Å². The summed E-state index contributed by atoms with van der Waals surface area (Å²) in [5, 5.41) is 4.61. The lowest BCUT2D eigenvalue weighted by Gasteiger charge is -2.17. The zero-order chi connectivity index (χ0) is 16.3. The number of nitrogens with one attached hydrogen (secondary N) is 1. The summed E-state index contributed by atoms with van der Waals surface area (Å²) in [6.45, 7) is 3.89. The van der Waals surface area contributed by atoms with Crippen molar-refractivity contribution in [3.8, 4) is 0 Å². The third-order valence-corrected chi connectivity index (χ3v) is 5.65. The summed E-state index contributed by atoms with van der Waals surface area (Å²) < 4.78 is 61.5. The molecule has 4 nitrogen and oxygen atoms in total. The molecule has 122 valence electrons. The predicted molar refractivity (Wildman–Crippen MR) is 76.8 cm³/mol. The molecule has 0 unspecified atom stereocenters. The predicted octanol–water partition coefficient (Wildman–Crippen LogP) is 2.82. The molecule has 0 bridgehead atoms. The Kier molecular flexibility index (Phi) is 6.21. The van der Waals surface area contributed by atoms with Gasteiger partial charge in [0, 0.05) is 36.4 Å². The molecule has 0 amide bonds. The van der Waals surface area contributed by atoms with E-state index in [-0.39, 0.29) is 10.9 Å². The van der Waals surface area contributed by atoms with Crippen LogP contribution in [0.3, 0.4) is 0 Å². The molecule has 1 N–H and O–H groups in total. The zero-order valence-corrected chi connectivity index (χ0v) is 13.7. The van der Waals surface area contributed by atoms with E-state index in [4.69, 9.17) is 0 Å². The number of rotatable bonds is 7. The topological polar surface area (TPSA) is 49.4 Å². The van der Waals surface area contributed by atoms with Crippen LogP contribution in [0.1, 0.15) is 25.1 Å². The summed E-state index contributed by atoms with van der Waals surface area (Å²) in [5.41, 5.74) is 0. The maximum absolute atomic E-state index is 12.2. The largest absolute Gasteiger partial charge is 0.390 e. The van der Waals surface area contributed by atoms with E-state index in [2.05, 4.69) is 5.32 Å². The van der Waals surface area contributed by atoms with E-state index in [9.17, 15) is 21.6 Å². The summed E-state index contributed by atoms with van der Waals surface area (Å²) in [7, 11) is -2.71. The molecule has 9 heteroatoms. The van der Waals surface area contributed by atoms with E-state index in [1.165, 1.54) is 22.8 Å². The molecule has 0 aliphatic rings. The Bertz CT molecular complexity index is 553. The summed E-state index contributed by atoms with van der Waals surface area (Å²) in [4.78, 5) is 0.865. The highest BCUT2D eigenvalue weighted by molar-refractivity contribution is 7.89. The van der Waals surface area contributed by atoms with Crippen molar-refractivity contribution in [2.24, 2.45) is 0 Å². The molecule has 0 atom stereocenters. The Balaban J connectivity index is 2.74. The average Bonchev–Trinajstić information content (AvgIpc) is 2.81. The average molecular weight is 344 g/mol. The molecule has 0 aromatic carbocycles. The highest BCUT2D eigenvalue weighted by Gasteiger charge is 2.30. The van der Waals surface area contributed by atoms with Crippen molar-refractivity contribution in [2.45, 2.75) is 43.9 Å². The van der Waals surface area contributed by atoms with Crippen LogP contribution >= 0.6 is 11.3 Å². The fourth-order valence-electron chi connectivity index (χ4n) is 1.48. The molecule has 1 aromatic rings. The molecule has 0 aliphatic carbocycles. The van der Waals surface area contributed by atoms with E-state index < -0.39 is 29.2 Å². The number of nitrogens with zero attached hydrogens (tertiary/aromatic N) is 1. The summed E-state index contributed by atoms with van der Waals surface area (Å²) in [6, 6.07) is 1.76. The standard InChI is InChI=1S/C12H19F3N2O2S2/c1-9(2)16-7-10-6-11(8-20-10)21(18,19)17(3)5-4-12(13,14)15/h6,8-9,16H,4-5,7H2,1-3H3. The molecular formula is C12H19F3N2O2S2. The Morgan fingerprint density at radius 3 is 2.52 bits per heavy atom. The maximum atomic E-state index is 12.2. The third kappa shape index (κ3) is 5.93. The van der Waals surface area contributed by atoms with Crippen LogP contribution in [0.4, 0.5) is 13.2 Å². The molecule has 0 saturated heterocycles. The quantitative estimate of drug-likeness (QED) is 0.827. The first-order valence-electron chi connectivity index (χ1n) is 6.36. The Labute approximate surface area is 127 Å². The van der Waals surface area contributed by atoms with Gasteiger partial charge in [-0.15, -0.1) is 11.3 Å². The van der Waals surface area contributed by atoms with Gasteiger partial charge in [-0.25, -0.2) is 12.7 Å². The van der Waals surface area contributed by atoms with Crippen LogP contribution in [0, 0.1) is 0 Å². The Morgan fingerprint density at radius 2 is 2.00 bits per heavy atom. The first-order chi connectivity index (χ1) is 9.52. The fraction of sp³-hybridized carbons (Fsp3) is 0.667. The lowest BCUT2D eigenvalue weighted by molar-refractivity contribution is -0.135. The third-order valence-electron chi connectivity index (χ3n) is 2.73. The Hall–Kier alpha value is -0.640. The fourth-order valence-corrected chi connectivity index (χ4v) is 3.86. The van der Waals surface area contributed by atoms with Crippen molar-refractivity contribution < 1.29 is 21.6 Å². The van der Waals surface area contributed by atoms with Gasteiger partial charge in [0.1, 0.15) is 0 Å². The second kappa shape index (κ2) is 7.08. The number of sulfonamides is 1. The van der Waals surface area contributed by atoms with Crippen molar-refractivity contribution in [3.05, 3.63) is 16.3 Å². The monoisotopic (exact) mass is 344 g/mol. The van der Waals surface area contributed by atoms with Crippen LogP contribution in [-0.4, -0.2) is 38.5 Å².